The molecule has 0 aliphatic heterocycles. The number of hydrogen-bond acceptors (Lipinski definition) is 3. The third-order valence-electron chi connectivity index (χ3n) is 2.99. The van der Waals surface area contributed by atoms with Gasteiger partial charge in [0.25, 0.3) is 0 Å². The summed E-state index contributed by atoms with van der Waals surface area (Å²) >= 11 is 6.14. The van der Waals surface area contributed by atoms with Crippen molar-refractivity contribution < 1.29 is 4.74 Å². The number of ether oxygens (including phenoxy) is 1. The first kappa shape index (κ1) is 14.8. The van der Waals surface area contributed by atoms with Gasteiger partial charge in [-0.1, -0.05) is 17.7 Å². The van der Waals surface area contributed by atoms with Gasteiger partial charge in [-0.15, -0.1) is 0 Å². The van der Waals surface area contributed by atoms with Gasteiger partial charge in [0.1, 0.15) is 5.75 Å². The van der Waals surface area contributed by atoms with Crippen LogP contribution in [0.1, 0.15) is 23.6 Å². The molecule has 1 heterocycles. The molecular formula is C16H19ClN2O. The molecule has 106 valence electrons. The van der Waals surface area contributed by atoms with E-state index in [-0.39, 0.29) is 6.04 Å². The molecule has 2 aromatic rings. The lowest BCUT2D eigenvalue weighted by Gasteiger charge is -2.10. The molecule has 0 amide bonds. The van der Waals surface area contributed by atoms with Gasteiger partial charge in [-0.2, -0.15) is 0 Å². The quantitative estimate of drug-likeness (QED) is 0.924. The van der Waals surface area contributed by atoms with Crippen molar-refractivity contribution in [3.8, 4) is 11.6 Å². The molecule has 0 fully saturated rings. The Balaban J connectivity index is 2.14. The zero-order valence-electron chi connectivity index (χ0n) is 12.0. The van der Waals surface area contributed by atoms with Gasteiger partial charge in [0, 0.05) is 23.3 Å². The van der Waals surface area contributed by atoms with Crippen molar-refractivity contribution in [1.29, 1.82) is 0 Å². The number of nitrogens with zero attached hydrogens (tertiary/aromatic N) is 1. The highest BCUT2D eigenvalue weighted by Gasteiger charge is 2.06. The van der Waals surface area contributed by atoms with Crippen LogP contribution in [0.2, 0.25) is 5.02 Å². The maximum Gasteiger partial charge on any atom is 0.219 e. The van der Waals surface area contributed by atoms with Crippen molar-refractivity contribution in [2.24, 2.45) is 5.73 Å². The average molecular weight is 291 g/mol. The Morgan fingerprint density at radius 3 is 2.40 bits per heavy atom. The van der Waals surface area contributed by atoms with Gasteiger partial charge < -0.3 is 10.5 Å². The zero-order valence-corrected chi connectivity index (χ0v) is 12.7. The Morgan fingerprint density at radius 1 is 1.25 bits per heavy atom. The zero-order chi connectivity index (χ0) is 14.7. The van der Waals surface area contributed by atoms with E-state index in [2.05, 4.69) is 4.98 Å². The second-order valence-electron chi connectivity index (χ2n) is 5.16. The van der Waals surface area contributed by atoms with E-state index in [1.54, 1.807) is 6.20 Å². The van der Waals surface area contributed by atoms with E-state index >= 15 is 0 Å². The van der Waals surface area contributed by atoms with E-state index in [0.29, 0.717) is 5.88 Å². The van der Waals surface area contributed by atoms with Crippen LogP contribution in [0.4, 0.5) is 0 Å². The van der Waals surface area contributed by atoms with Gasteiger partial charge in [-0.05, 0) is 56.0 Å². The van der Waals surface area contributed by atoms with Gasteiger partial charge in [0.2, 0.25) is 5.88 Å². The van der Waals surface area contributed by atoms with Crippen LogP contribution in [0, 0.1) is 13.8 Å². The van der Waals surface area contributed by atoms with Gasteiger partial charge >= 0.3 is 0 Å². The van der Waals surface area contributed by atoms with Gasteiger partial charge in [0.05, 0.1) is 0 Å². The van der Waals surface area contributed by atoms with E-state index in [4.69, 9.17) is 22.1 Å². The largest absolute Gasteiger partial charge is 0.439 e. The standard InChI is InChI=1S/C16H19ClN2O/c1-10-6-14(7-11(2)16(10)17)20-15-5-4-13(9-19-15)8-12(3)18/h4-7,9,12H,8,18H2,1-3H3. The summed E-state index contributed by atoms with van der Waals surface area (Å²) in [5.74, 6) is 1.32. The minimum atomic E-state index is 0.130. The fourth-order valence-corrected chi connectivity index (χ4v) is 2.16. The van der Waals surface area contributed by atoms with Gasteiger partial charge in [0.15, 0.2) is 0 Å². The van der Waals surface area contributed by atoms with E-state index in [1.807, 2.05) is 45.0 Å². The lowest BCUT2D eigenvalue weighted by Crippen LogP contribution is -2.17. The van der Waals surface area contributed by atoms with Crippen LogP contribution in [0.3, 0.4) is 0 Å². The van der Waals surface area contributed by atoms with E-state index in [1.165, 1.54) is 0 Å². The molecule has 0 radical (unpaired) electrons. The summed E-state index contributed by atoms with van der Waals surface area (Å²) in [5, 5.41) is 0.776. The van der Waals surface area contributed by atoms with Crippen LogP contribution in [0.15, 0.2) is 30.5 Å². The van der Waals surface area contributed by atoms with Crippen LogP contribution in [0.5, 0.6) is 11.6 Å². The molecule has 0 bridgehead atoms. The summed E-state index contributed by atoms with van der Waals surface area (Å²) in [4.78, 5) is 4.30. The first-order chi connectivity index (χ1) is 9.45. The summed E-state index contributed by atoms with van der Waals surface area (Å²) in [6.45, 7) is 5.90. The maximum absolute atomic E-state index is 6.14. The predicted octanol–water partition coefficient (Wildman–Crippen LogP) is 4.03. The highest BCUT2D eigenvalue weighted by molar-refractivity contribution is 6.32. The van der Waals surface area contributed by atoms with E-state index in [9.17, 15) is 0 Å². The summed E-state index contributed by atoms with van der Waals surface area (Å²) in [6, 6.07) is 7.79. The van der Waals surface area contributed by atoms with Gasteiger partial charge in [-0.3, -0.25) is 0 Å². The predicted molar refractivity (Wildman–Crippen MR) is 82.6 cm³/mol. The van der Waals surface area contributed by atoms with E-state index < -0.39 is 0 Å². The topological polar surface area (TPSA) is 48.1 Å². The minimum absolute atomic E-state index is 0.130. The second-order valence-corrected chi connectivity index (χ2v) is 5.54. The van der Waals surface area contributed by atoms with Crippen LogP contribution in [-0.4, -0.2) is 11.0 Å². The fourth-order valence-electron chi connectivity index (χ4n) is 2.05. The maximum atomic E-state index is 6.14. The number of pyridine rings is 1. The molecule has 4 heteroatoms. The first-order valence-corrected chi connectivity index (χ1v) is 6.98. The molecule has 20 heavy (non-hydrogen) atoms. The fraction of sp³-hybridized carbons (Fsp3) is 0.312. The number of aromatic nitrogens is 1. The Hall–Kier alpha value is -1.58. The third kappa shape index (κ3) is 3.71. The Bertz CT molecular complexity index is 571. The van der Waals surface area contributed by atoms with Crippen molar-refractivity contribution in [3.63, 3.8) is 0 Å². The highest BCUT2D eigenvalue weighted by Crippen LogP contribution is 2.28. The normalized spacial score (nSPS) is 12.2. The number of aryl methyl sites for hydroxylation is 2. The lowest BCUT2D eigenvalue weighted by molar-refractivity contribution is 0.461. The van der Waals surface area contributed by atoms with Crippen LogP contribution in [0.25, 0.3) is 0 Å². The second kappa shape index (κ2) is 6.25. The molecule has 1 atom stereocenters. The third-order valence-corrected chi connectivity index (χ3v) is 3.58. The molecule has 0 saturated carbocycles. The molecule has 0 aliphatic rings. The molecular weight excluding hydrogens is 272 g/mol. The molecule has 1 aromatic carbocycles. The van der Waals surface area contributed by atoms with Crippen LogP contribution < -0.4 is 10.5 Å². The van der Waals surface area contributed by atoms with Crippen molar-refractivity contribution >= 4 is 11.6 Å². The highest BCUT2D eigenvalue weighted by atomic mass is 35.5. The van der Waals surface area contributed by atoms with E-state index in [0.717, 1.165) is 33.9 Å². The number of hydrogen-bond donors (Lipinski definition) is 1. The Morgan fingerprint density at radius 2 is 1.90 bits per heavy atom. The van der Waals surface area contributed by atoms with Crippen molar-refractivity contribution in [3.05, 3.63) is 52.2 Å². The summed E-state index contributed by atoms with van der Waals surface area (Å²) in [6.07, 6.45) is 2.61. The molecule has 1 aromatic heterocycles. The molecule has 2 N–H and O–H groups in total. The van der Waals surface area contributed by atoms with Crippen molar-refractivity contribution in [1.82, 2.24) is 4.98 Å². The lowest BCUT2D eigenvalue weighted by atomic mass is 10.1. The average Bonchev–Trinajstić information content (AvgIpc) is 2.37. The molecule has 3 nitrogen and oxygen atoms in total. The minimum Gasteiger partial charge on any atom is -0.439 e. The SMILES string of the molecule is Cc1cc(Oc2ccc(CC(C)N)cn2)cc(C)c1Cl. The first-order valence-electron chi connectivity index (χ1n) is 6.61. The molecule has 0 spiro atoms. The number of benzene rings is 1. The summed E-state index contributed by atoms with van der Waals surface area (Å²) in [7, 11) is 0. The van der Waals surface area contributed by atoms with Gasteiger partial charge in [-0.25, -0.2) is 4.98 Å². The van der Waals surface area contributed by atoms with Crippen molar-refractivity contribution in [2.45, 2.75) is 33.2 Å². The van der Waals surface area contributed by atoms with Crippen LogP contribution in [-0.2, 0) is 6.42 Å². The Labute approximate surface area is 124 Å². The number of nitrogens with two attached hydrogens (primary N) is 1. The molecule has 0 aliphatic carbocycles. The Kier molecular flexibility index (Phi) is 4.63. The molecule has 1 unspecified atom stereocenters. The number of halogens is 1. The summed E-state index contributed by atoms with van der Waals surface area (Å²) < 4.78 is 5.75. The van der Waals surface area contributed by atoms with Crippen molar-refractivity contribution in [2.75, 3.05) is 0 Å². The molecule has 2 rings (SSSR count). The number of rotatable bonds is 4. The monoisotopic (exact) mass is 290 g/mol. The molecule has 0 saturated heterocycles. The summed E-state index contributed by atoms with van der Waals surface area (Å²) in [5.41, 5.74) is 8.86. The van der Waals surface area contributed by atoms with Crippen LogP contribution >= 0.6 is 11.6 Å². The smallest absolute Gasteiger partial charge is 0.219 e.